The Kier molecular flexibility index (Phi) is 3.17. The third-order valence-electron chi connectivity index (χ3n) is 5.19. The highest BCUT2D eigenvalue weighted by molar-refractivity contribution is 5.98. The van der Waals surface area contributed by atoms with E-state index in [9.17, 15) is 0 Å². The number of hydrogen-bond acceptors (Lipinski definition) is 2. The van der Waals surface area contributed by atoms with Gasteiger partial charge in [-0.05, 0) is 71.0 Å². The first kappa shape index (κ1) is 14.3. The third kappa shape index (κ3) is 2.41. The summed E-state index contributed by atoms with van der Waals surface area (Å²) in [4.78, 5) is 4.67. The molecule has 1 aliphatic heterocycles. The lowest BCUT2D eigenvalue weighted by molar-refractivity contribution is 1.02. The van der Waals surface area contributed by atoms with Crippen LogP contribution >= 0.6 is 0 Å². The fraction of sp³-hybridized carbons (Fsp3) is 0.190. The van der Waals surface area contributed by atoms with Gasteiger partial charge in [0.25, 0.3) is 0 Å². The van der Waals surface area contributed by atoms with Crippen molar-refractivity contribution in [3.63, 3.8) is 0 Å². The number of benzene rings is 3. The summed E-state index contributed by atoms with van der Waals surface area (Å²) in [5.74, 6) is 0.436. The summed E-state index contributed by atoms with van der Waals surface area (Å²) in [6.45, 7) is 1.01. The van der Waals surface area contributed by atoms with Crippen LogP contribution < -0.4 is 16.4 Å². The molecule has 25 heavy (non-hydrogen) atoms. The van der Waals surface area contributed by atoms with Crippen molar-refractivity contribution in [1.29, 1.82) is 0 Å². The van der Waals surface area contributed by atoms with Gasteiger partial charge in [0.05, 0.1) is 5.69 Å². The quantitative estimate of drug-likeness (QED) is 0.493. The molecule has 1 aliphatic carbocycles. The molecule has 5 rings (SSSR count). The summed E-state index contributed by atoms with van der Waals surface area (Å²) in [5, 5.41) is 9.26. The summed E-state index contributed by atoms with van der Waals surface area (Å²) in [7, 11) is 0. The van der Waals surface area contributed by atoms with Gasteiger partial charge in [0, 0.05) is 17.9 Å². The monoisotopic (exact) mass is 328 g/mol. The minimum absolute atomic E-state index is 0.436. The van der Waals surface area contributed by atoms with E-state index in [1.807, 2.05) is 6.07 Å². The molecule has 0 aromatic heterocycles. The molecule has 0 amide bonds. The smallest absolute Gasteiger partial charge is 0.198 e. The Labute approximate surface area is 146 Å². The maximum absolute atomic E-state index is 6.19. The first-order valence-corrected chi connectivity index (χ1v) is 8.79. The molecular weight excluding hydrogens is 308 g/mol. The van der Waals surface area contributed by atoms with Gasteiger partial charge in [-0.2, -0.15) is 0 Å². The lowest BCUT2D eigenvalue weighted by Crippen LogP contribution is -2.22. The summed E-state index contributed by atoms with van der Waals surface area (Å²) in [6, 6.07) is 17.0. The molecule has 0 fully saturated rings. The number of anilines is 2. The number of fused-ring (bicyclic) bond motifs is 1. The molecule has 0 spiro atoms. The number of aryl methyl sites for hydroxylation is 2. The Hall–Kier alpha value is -3.01. The van der Waals surface area contributed by atoms with E-state index >= 15 is 0 Å². The Morgan fingerprint density at radius 1 is 1.00 bits per heavy atom. The van der Waals surface area contributed by atoms with Gasteiger partial charge < -0.3 is 16.4 Å². The highest BCUT2D eigenvalue weighted by Crippen LogP contribution is 2.37. The number of hydrogen-bond donors (Lipinski definition) is 3. The molecule has 0 unspecified atom stereocenters. The molecule has 3 aromatic rings. The average Bonchev–Trinajstić information content (AvgIpc) is 3.25. The lowest BCUT2D eigenvalue weighted by Gasteiger charge is -2.09. The topological polar surface area (TPSA) is 62.4 Å². The zero-order chi connectivity index (χ0) is 16.8. The van der Waals surface area contributed by atoms with E-state index in [4.69, 9.17) is 5.73 Å². The molecule has 0 saturated heterocycles. The van der Waals surface area contributed by atoms with E-state index in [0.717, 1.165) is 37.2 Å². The molecule has 4 N–H and O–H groups in total. The van der Waals surface area contributed by atoms with Crippen molar-refractivity contribution in [2.24, 2.45) is 10.7 Å². The van der Waals surface area contributed by atoms with Crippen molar-refractivity contribution >= 4 is 33.8 Å². The van der Waals surface area contributed by atoms with E-state index < -0.39 is 0 Å². The molecule has 4 nitrogen and oxygen atoms in total. The van der Waals surface area contributed by atoms with E-state index in [1.165, 1.54) is 33.2 Å². The van der Waals surface area contributed by atoms with E-state index in [1.54, 1.807) is 0 Å². The number of nitrogens with two attached hydrogens (primary N) is 1. The Balaban J connectivity index is 1.47. The minimum Gasteiger partial charge on any atom is -0.384 e. The minimum atomic E-state index is 0.436. The molecule has 4 heteroatoms. The van der Waals surface area contributed by atoms with E-state index in [0.29, 0.717) is 5.96 Å². The van der Waals surface area contributed by atoms with E-state index in [-0.39, 0.29) is 0 Å². The second-order valence-corrected chi connectivity index (χ2v) is 6.75. The SMILES string of the molecule is NC(=Nc1ccc2cccc3c2c1CC3)Nc1ccc2c(c1)CCN2. The van der Waals surface area contributed by atoms with Crippen molar-refractivity contribution in [2.75, 3.05) is 17.2 Å². The van der Waals surface area contributed by atoms with Gasteiger partial charge in [-0.25, -0.2) is 4.99 Å². The van der Waals surface area contributed by atoms with Crippen LogP contribution in [-0.4, -0.2) is 12.5 Å². The fourth-order valence-electron chi connectivity index (χ4n) is 4.04. The largest absolute Gasteiger partial charge is 0.384 e. The van der Waals surface area contributed by atoms with E-state index in [2.05, 4.69) is 58.1 Å². The maximum Gasteiger partial charge on any atom is 0.198 e. The van der Waals surface area contributed by atoms with Crippen LogP contribution in [-0.2, 0) is 19.3 Å². The summed E-state index contributed by atoms with van der Waals surface area (Å²) in [6.07, 6.45) is 3.18. The molecular formula is C21H20N4. The van der Waals surface area contributed by atoms with Crippen LogP contribution in [0.5, 0.6) is 0 Å². The summed E-state index contributed by atoms with van der Waals surface area (Å²) >= 11 is 0. The van der Waals surface area contributed by atoms with Crippen molar-refractivity contribution < 1.29 is 0 Å². The zero-order valence-corrected chi connectivity index (χ0v) is 14.0. The lowest BCUT2D eigenvalue weighted by atomic mass is 10.0. The van der Waals surface area contributed by atoms with Crippen LogP contribution in [0.25, 0.3) is 10.8 Å². The second-order valence-electron chi connectivity index (χ2n) is 6.75. The van der Waals surface area contributed by atoms with Crippen LogP contribution in [0.4, 0.5) is 17.1 Å². The second kappa shape index (κ2) is 5.52. The van der Waals surface area contributed by atoms with Crippen molar-refractivity contribution in [2.45, 2.75) is 19.3 Å². The summed E-state index contributed by atoms with van der Waals surface area (Å²) in [5.41, 5.74) is 13.4. The van der Waals surface area contributed by atoms with Crippen LogP contribution in [0.2, 0.25) is 0 Å². The maximum atomic E-state index is 6.19. The molecule has 0 saturated carbocycles. The van der Waals surface area contributed by atoms with Gasteiger partial charge in [0.1, 0.15) is 0 Å². The number of nitrogens with one attached hydrogen (secondary N) is 2. The Morgan fingerprint density at radius 3 is 2.92 bits per heavy atom. The first-order valence-electron chi connectivity index (χ1n) is 8.79. The highest BCUT2D eigenvalue weighted by atomic mass is 15.1. The molecule has 0 radical (unpaired) electrons. The van der Waals surface area contributed by atoms with Gasteiger partial charge in [0.2, 0.25) is 0 Å². The number of guanidine groups is 1. The van der Waals surface area contributed by atoms with Crippen molar-refractivity contribution in [1.82, 2.24) is 0 Å². The molecule has 0 atom stereocenters. The van der Waals surface area contributed by atoms with Crippen LogP contribution in [0.3, 0.4) is 0 Å². The summed E-state index contributed by atoms with van der Waals surface area (Å²) < 4.78 is 0. The number of rotatable bonds is 2. The highest BCUT2D eigenvalue weighted by Gasteiger charge is 2.17. The first-order chi connectivity index (χ1) is 12.3. The third-order valence-corrected chi connectivity index (χ3v) is 5.19. The average molecular weight is 328 g/mol. The van der Waals surface area contributed by atoms with Gasteiger partial charge in [-0.1, -0.05) is 24.3 Å². The van der Waals surface area contributed by atoms with Gasteiger partial charge in [-0.15, -0.1) is 0 Å². The number of nitrogens with zero attached hydrogens (tertiary/aromatic N) is 1. The molecule has 1 heterocycles. The van der Waals surface area contributed by atoms with Crippen LogP contribution in [0.1, 0.15) is 16.7 Å². The van der Waals surface area contributed by atoms with Crippen LogP contribution in [0.15, 0.2) is 53.5 Å². The zero-order valence-electron chi connectivity index (χ0n) is 14.0. The number of aliphatic imine (C=N–C) groups is 1. The fourth-order valence-corrected chi connectivity index (χ4v) is 4.04. The van der Waals surface area contributed by atoms with Crippen molar-refractivity contribution in [3.05, 3.63) is 65.2 Å². The van der Waals surface area contributed by atoms with Crippen molar-refractivity contribution in [3.8, 4) is 0 Å². The van der Waals surface area contributed by atoms with Crippen LogP contribution in [0, 0.1) is 0 Å². The predicted octanol–water partition coefficient (Wildman–Crippen LogP) is 3.96. The Bertz CT molecular complexity index is 1020. The molecule has 3 aromatic carbocycles. The van der Waals surface area contributed by atoms with Gasteiger partial charge in [0.15, 0.2) is 5.96 Å². The molecule has 2 aliphatic rings. The predicted molar refractivity (Wildman–Crippen MR) is 105 cm³/mol. The Morgan fingerprint density at radius 2 is 1.96 bits per heavy atom. The molecule has 0 bridgehead atoms. The normalized spacial score (nSPS) is 15.3. The standard InChI is InChI=1S/C21H20N4/c22-21(24-16-6-9-18-15(12-16)10-11-23-18)25-19-8-5-14-3-1-2-13-4-7-17(19)20(13)14/h1-3,5-6,8-9,12,23H,4,7,10-11H2,(H3,22,24,25). The van der Waals surface area contributed by atoms with Gasteiger partial charge >= 0.3 is 0 Å². The molecule has 124 valence electrons. The van der Waals surface area contributed by atoms with Gasteiger partial charge in [-0.3, -0.25) is 0 Å².